The predicted octanol–water partition coefficient (Wildman–Crippen LogP) is 0.889. The van der Waals surface area contributed by atoms with E-state index >= 15 is 0 Å². The molecule has 1 fully saturated rings. The van der Waals surface area contributed by atoms with Crippen molar-refractivity contribution in [3.8, 4) is 11.4 Å². The Kier molecular flexibility index (Phi) is 4.43. The minimum atomic E-state index is -2.83. The van der Waals surface area contributed by atoms with E-state index < -0.39 is 30.8 Å². The Morgan fingerprint density at radius 3 is 2.83 bits per heavy atom. The highest BCUT2D eigenvalue weighted by molar-refractivity contribution is 5.82. The van der Waals surface area contributed by atoms with Gasteiger partial charge in [-0.2, -0.15) is 0 Å². The molecule has 7 nitrogen and oxygen atoms in total. The van der Waals surface area contributed by atoms with E-state index in [9.17, 15) is 13.6 Å². The topological polar surface area (TPSA) is 81.1 Å². The summed E-state index contributed by atoms with van der Waals surface area (Å²) in [5, 5.41) is 13.0. The molecule has 1 saturated heterocycles. The average Bonchev–Trinajstić information content (AvgIpc) is 3.19. The number of hydrogen-bond donors (Lipinski definition) is 2. The summed E-state index contributed by atoms with van der Waals surface area (Å²) in [4.78, 5) is 11.9. The fraction of sp³-hybridized carbons (Fsp3) is 0.400. The van der Waals surface area contributed by atoms with Crippen LogP contribution < -0.4 is 15.4 Å². The smallest absolute Gasteiger partial charge is 0.262 e. The van der Waals surface area contributed by atoms with Gasteiger partial charge >= 0.3 is 0 Å². The molecule has 1 aromatic carbocycles. The highest BCUT2D eigenvalue weighted by Gasteiger charge is 2.42. The highest BCUT2D eigenvalue weighted by Crippen LogP contribution is 2.25. The van der Waals surface area contributed by atoms with Crippen molar-refractivity contribution in [1.82, 2.24) is 25.6 Å². The van der Waals surface area contributed by atoms with Crippen LogP contribution in [0.1, 0.15) is 12.1 Å². The lowest BCUT2D eigenvalue weighted by molar-refractivity contribution is -0.123. The molecule has 0 saturated carbocycles. The van der Waals surface area contributed by atoms with Gasteiger partial charge in [-0.05, 0) is 24.3 Å². The Morgan fingerprint density at radius 1 is 1.46 bits per heavy atom. The molecule has 0 bridgehead atoms. The third kappa shape index (κ3) is 3.67. The first kappa shape index (κ1) is 16.3. The zero-order valence-corrected chi connectivity index (χ0v) is 13.0. The van der Waals surface area contributed by atoms with Gasteiger partial charge in [0.05, 0.1) is 38.1 Å². The summed E-state index contributed by atoms with van der Waals surface area (Å²) in [6.07, 6.45) is 1.18. The second-order valence-corrected chi connectivity index (χ2v) is 5.56. The van der Waals surface area contributed by atoms with E-state index in [0.29, 0.717) is 5.69 Å². The van der Waals surface area contributed by atoms with Crippen molar-refractivity contribution in [3.05, 3.63) is 36.2 Å². The summed E-state index contributed by atoms with van der Waals surface area (Å²) in [7, 11) is 1.58. The number of nitrogens with one attached hydrogen (secondary N) is 2. The first-order valence-corrected chi connectivity index (χ1v) is 7.41. The number of alkyl halides is 2. The summed E-state index contributed by atoms with van der Waals surface area (Å²) < 4.78 is 32.8. The monoisotopic (exact) mass is 337 g/mol. The van der Waals surface area contributed by atoms with Gasteiger partial charge in [0.2, 0.25) is 5.91 Å². The first-order valence-electron chi connectivity index (χ1n) is 7.41. The van der Waals surface area contributed by atoms with Crippen LogP contribution in [0, 0.1) is 0 Å². The van der Waals surface area contributed by atoms with Gasteiger partial charge in [-0.3, -0.25) is 10.1 Å². The van der Waals surface area contributed by atoms with Crippen molar-refractivity contribution >= 4 is 5.91 Å². The van der Waals surface area contributed by atoms with Crippen molar-refractivity contribution in [2.75, 3.05) is 13.7 Å². The maximum absolute atomic E-state index is 13.1. The number of ether oxygens (including phenoxy) is 1. The van der Waals surface area contributed by atoms with Crippen LogP contribution in [-0.4, -0.2) is 46.5 Å². The third-order valence-electron chi connectivity index (χ3n) is 3.75. The van der Waals surface area contributed by atoms with Crippen LogP contribution in [0.5, 0.6) is 5.75 Å². The molecule has 1 aromatic heterocycles. The number of methoxy groups -OCH3 is 1. The van der Waals surface area contributed by atoms with E-state index in [4.69, 9.17) is 4.74 Å². The molecule has 2 N–H and O–H groups in total. The molecule has 1 aliphatic heterocycles. The quantitative estimate of drug-likeness (QED) is 0.847. The number of halogens is 2. The van der Waals surface area contributed by atoms with Crippen LogP contribution in [0.2, 0.25) is 0 Å². The zero-order valence-electron chi connectivity index (χ0n) is 13.0. The highest BCUT2D eigenvalue weighted by atomic mass is 19.3. The minimum absolute atomic E-state index is 0.124. The Balaban J connectivity index is 1.57. The van der Waals surface area contributed by atoms with E-state index in [1.807, 2.05) is 12.1 Å². The molecule has 2 aromatic rings. The van der Waals surface area contributed by atoms with Crippen molar-refractivity contribution in [2.45, 2.75) is 24.9 Å². The minimum Gasteiger partial charge on any atom is -0.497 e. The van der Waals surface area contributed by atoms with Gasteiger partial charge in [-0.25, -0.2) is 13.5 Å². The molecule has 1 aliphatic rings. The lowest BCUT2D eigenvalue weighted by Crippen LogP contribution is -2.40. The fourth-order valence-electron chi connectivity index (χ4n) is 2.44. The normalized spacial score (nSPS) is 19.2. The Bertz CT molecular complexity index is 717. The Labute approximate surface area is 137 Å². The molecule has 0 spiro atoms. The van der Waals surface area contributed by atoms with Gasteiger partial charge < -0.3 is 10.1 Å². The molecule has 0 aliphatic carbocycles. The first-order chi connectivity index (χ1) is 11.5. The van der Waals surface area contributed by atoms with Crippen LogP contribution in [-0.2, 0) is 11.3 Å². The number of amides is 1. The van der Waals surface area contributed by atoms with E-state index in [1.54, 1.807) is 30.1 Å². The summed E-state index contributed by atoms with van der Waals surface area (Å²) in [6, 6.07) is 6.35. The molecular weight excluding hydrogens is 320 g/mol. The van der Waals surface area contributed by atoms with Crippen LogP contribution >= 0.6 is 0 Å². The van der Waals surface area contributed by atoms with Crippen LogP contribution in [0.4, 0.5) is 8.78 Å². The predicted molar refractivity (Wildman–Crippen MR) is 81.1 cm³/mol. The number of carbonyl (C=O) groups is 1. The molecular formula is C15H17F2N5O2. The molecule has 1 unspecified atom stereocenters. The van der Waals surface area contributed by atoms with E-state index in [1.165, 1.54) is 0 Å². The van der Waals surface area contributed by atoms with Gasteiger partial charge in [0.25, 0.3) is 5.92 Å². The Morgan fingerprint density at radius 2 is 2.21 bits per heavy atom. The molecule has 24 heavy (non-hydrogen) atoms. The number of carbonyl (C=O) groups excluding carboxylic acids is 1. The molecule has 1 atom stereocenters. The van der Waals surface area contributed by atoms with Crippen LogP contribution in [0.3, 0.4) is 0 Å². The van der Waals surface area contributed by atoms with Crippen molar-refractivity contribution in [3.63, 3.8) is 0 Å². The number of hydrogen-bond acceptors (Lipinski definition) is 5. The van der Waals surface area contributed by atoms with Gasteiger partial charge in [-0.1, -0.05) is 5.21 Å². The Hall–Kier alpha value is -2.55. The lowest BCUT2D eigenvalue weighted by Gasteiger charge is -2.09. The lowest BCUT2D eigenvalue weighted by atomic mass is 10.2. The van der Waals surface area contributed by atoms with E-state index in [0.717, 1.165) is 11.4 Å². The molecule has 9 heteroatoms. The van der Waals surface area contributed by atoms with Crippen LogP contribution in [0.15, 0.2) is 30.5 Å². The van der Waals surface area contributed by atoms with Gasteiger partial charge in [0.1, 0.15) is 11.4 Å². The molecule has 1 amide bonds. The molecule has 3 rings (SSSR count). The zero-order chi connectivity index (χ0) is 17.2. The van der Waals surface area contributed by atoms with Crippen molar-refractivity contribution in [2.24, 2.45) is 0 Å². The van der Waals surface area contributed by atoms with Gasteiger partial charge in [0, 0.05) is 6.42 Å². The summed E-state index contributed by atoms with van der Waals surface area (Å²) in [6.45, 7) is -0.350. The average molecular weight is 337 g/mol. The van der Waals surface area contributed by atoms with Crippen molar-refractivity contribution < 1.29 is 18.3 Å². The summed E-state index contributed by atoms with van der Waals surface area (Å²) >= 11 is 0. The van der Waals surface area contributed by atoms with Gasteiger partial charge in [0.15, 0.2) is 0 Å². The maximum Gasteiger partial charge on any atom is 0.262 e. The van der Waals surface area contributed by atoms with Crippen molar-refractivity contribution in [1.29, 1.82) is 0 Å². The fourth-order valence-corrected chi connectivity index (χ4v) is 2.44. The second-order valence-electron chi connectivity index (χ2n) is 5.56. The maximum atomic E-state index is 13.1. The number of nitrogens with zero attached hydrogens (tertiary/aromatic N) is 3. The van der Waals surface area contributed by atoms with Gasteiger partial charge in [-0.15, -0.1) is 5.10 Å². The summed E-state index contributed by atoms with van der Waals surface area (Å²) in [5.41, 5.74) is 1.32. The SMILES string of the molecule is COc1ccc(-n2cc(CNC(=O)C3CC(F)(F)CN3)nn2)cc1. The number of aromatic nitrogens is 3. The van der Waals surface area contributed by atoms with E-state index in [2.05, 4.69) is 20.9 Å². The summed E-state index contributed by atoms with van der Waals surface area (Å²) in [5.74, 6) is -2.57. The molecule has 128 valence electrons. The largest absolute Gasteiger partial charge is 0.497 e. The third-order valence-corrected chi connectivity index (χ3v) is 3.75. The molecule has 2 heterocycles. The van der Waals surface area contributed by atoms with E-state index in [-0.39, 0.29) is 6.54 Å². The standard InChI is InChI=1S/C15H17F2N5O2/c1-24-12-4-2-11(3-5-12)22-8-10(20-21-22)7-18-14(23)13-6-15(16,17)9-19-13/h2-5,8,13,19H,6-7,9H2,1H3,(H,18,23). The second kappa shape index (κ2) is 6.52. The van der Waals surface area contributed by atoms with Crippen LogP contribution in [0.25, 0.3) is 5.69 Å². The number of rotatable bonds is 5. The molecule has 0 radical (unpaired) electrons. The number of benzene rings is 1.